The van der Waals surface area contributed by atoms with Gasteiger partial charge in [-0.15, -0.1) is 0 Å². The third-order valence-corrected chi connectivity index (χ3v) is 6.25. The van der Waals surface area contributed by atoms with E-state index < -0.39 is 5.92 Å². The van der Waals surface area contributed by atoms with Gasteiger partial charge in [0.05, 0.1) is 5.92 Å². The van der Waals surface area contributed by atoms with Crippen LogP contribution >= 0.6 is 23.4 Å². The summed E-state index contributed by atoms with van der Waals surface area (Å²) in [6.07, 6.45) is 2.61. The van der Waals surface area contributed by atoms with E-state index in [1.807, 2.05) is 22.7 Å². The number of carbonyl (C=O) groups is 2. The lowest BCUT2D eigenvalue weighted by atomic mass is 9.97. The number of hydrogen-bond acceptors (Lipinski definition) is 4. The molecule has 2 atom stereocenters. The highest BCUT2D eigenvalue weighted by Gasteiger charge is 2.39. The highest BCUT2D eigenvalue weighted by molar-refractivity contribution is 7.99. The molecule has 134 valence electrons. The minimum atomic E-state index is -0.397. The summed E-state index contributed by atoms with van der Waals surface area (Å²) in [6.45, 7) is 2.76. The van der Waals surface area contributed by atoms with Gasteiger partial charge in [0, 0.05) is 53.2 Å². The maximum Gasteiger partial charge on any atom is 0.230 e. The number of nitrogens with zero attached hydrogens (tertiary/aromatic N) is 1. The Morgan fingerprint density at radius 3 is 3.00 bits per heavy atom. The summed E-state index contributed by atoms with van der Waals surface area (Å²) in [5.41, 5.74) is 2.11. The van der Waals surface area contributed by atoms with Gasteiger partial charge in [-0.3, -0.25) is 9.59 Å². The Labute approximate surface area is 157 Å². The van der Waals surface area contributed by atoms with Crippen molar-refractivity contribution in [1.82, 2.24) is 4.90 Å². The first-order valence-electron chi connectivity index (χ1n) is 8.78. The van der Waals surface area contributed by atoms with Crippen LogP contribution in [-0.4, -0.2) is 46.4 Å². The van der Waals surface area contributed by atoms with Crippen LogP contribution in [0.15, 0.2) is 18.2 Å². The summed E-state index contributed by atoms with van der Waals surface area (Å²) in [6, 6.07) is 5.31. The molecule has 2 unspecified atom stereocenters. The van der Waals surface area contributed by atoms with Crippen molar-refractivity contribution >= 4 is 40.8 Å². The summed E-state index contributed by atoms with van der Waals surface area (Å²) in [7, 11) is 0. The van der Waals surface area contributed by atoms with Gasteiger partial charge in [0.2, 0.25) is 5.91 Å². The molecule has 0 spiro atoms. The third-order valence-electron chi connectivity index (χ3n) is 4.92. The largest absolute Gasteiger partial charge is 0.337 e. The van der Waals surface area contributed by atoms with Crippen LogP contribution in [0.5, 0.6) is 0 Å². The molecule has 1 saturated heterocycles. The van der Waals surface area contributed by atoms with Crippen LogP contribution in [0.2, 0.25) is 5.02 Å². The van der Waals surface area contributed by atoms with E-state index in [-0.39, 0.29) is 24.2 Å². The number of rotatable bonds is 5. The van der Waals surface area contributed by atoms with E-state index in [0.29, 0.717) is 29.3 Å². The summed E-state index contributed by atoms with van der Waals surface area (Å²) >= 11 is 7.84. The first-order valence-corrected chi connectivity index (χ1v) is 10.3. The van der Waals surface area contributed by atoms with Crippen molar-refractivity contribution in [3.8, 4) is 0 Å². The smallest absolute Gasteiger partial charge is 0.230 e. The Bertz CT molecular complexity index is 707. The van der Waals surface area contributed by atoms with E-state index in [4.69, 9.17) is 17.0 Å². The van der Waals surface area contributed by atoms with Gasteiger partial charge in [0.15, 0.2) is 5.78 Å². The van der Waals surface area contributed by atoms with Crippen molar-refractivity contribution in [2.75, 3.05) is 18.1 Å². The molecule has 3 rings (SSSR count). The number of Topliss-reactive ketones (excluding diaryl/α,β-unsaturated/α-hetero) is 1. The van der Waals surface area contributed by atoms with Crippen LogP contribution in [0.25, 0.3) is 0 Å². The number of thioether (sulfide) groups is 1. The number of hydrogen-bond donors (Lipinski definition) is 1. The molecule has 25 heavy (non-hydrogen) atoms. The van der Waals surface area contributed by atoms with E-state index >= 15 is 0 Å². The van der Waals surface area contributed by atoms with Crippen molar-refractivity contribution in [3.63, 3.8) is 0 Å². The Morgan fingerprint density at radius 2 is 2.24 bits per heavy atom. The zero-order valence-corrected chi connectivity index (χ0v) is 16.0. The van der Waals surface area contributed by atoms with Crippen LogP contribution < -0.4 is 0 Å². The second kappa shape index (κ2) is 7.92. The molecule has 1 amide bonds. The molecule has 0 radical (unpaired) electrons. The highest BCUT2D eigenvalue weighted by atomic mass is 35.5. The number of amides is 1. The number of benzene rings is 1. The topological polar surface area (TPSA) is 61.2 Å². The lowest BCUT2D eigenvalue weighted by Gasteiger charge is -2.37. The average molecular weight is 379 g/mol. The maximum atomic E-state index is 13.2. The molecule has 1 heterocycles. The molecule has 0 aromatic heterocycles. The van der Waals surface area contributed by atoms with Gasteiger partial charge in [0.1, 0.15) is 0 Å². The Morgan fingerprint density at radius 1 is 1.44 bits per heavy atom. The third kappa shape index (κ3) is 3.93. The molecule has 6 heteroatoms. The van der Waals surface area contributed by atoms with Gasteiger partial charge in [0.25, 0.3) is 0 Å². The van der Waals surface area contributed by atoms with Crippen molar-refractivity contribution in [2.45, 2.75) is 44.6 Å². The predicted molar refractivity (Wildman–Crippen MR) is 103 cm³/mol. The molecule has 0 bridgehead atoms. The summed E-state index contributed by atoms with van der Waals surface area (Å²) in [5.74, 6) is 1.41. The highest BCUT2D eigenvalue weighted by Crippen LogP contribution is 2.37. The number of ketones is 1. The fourth-order valence-electron chi connectivity index (χ4n) is 3.70. The van der Waals surface area contributed by atoms with E-state index in [9.17, 15) is 9.59 Å². The molecule has 4 nitrogen and oxygen atoms in total. The second-order valence-corrected chi connectivity index (χ2v) is 8.32. The molecule has 1 aliphatic heterocycles. The van der Waals surface area contributed by atoms with Crippen molar-refractivity contribution in [2.24, 2.45) is 0 Å². The van der Waals surface area contributed by atoms with Crippen LogP contribution in [0, 0.1) is 5.41 Å². The number of carbonyl (C=O) groups excluding carboxylic acids is 2. The normalized spacial score (nSPS) is 22.8. The van der Waals surface area contributed by atoms with Crippen LogP contribution in [0.4, 0.5) is 0 Å². The van der Waals surface area contributed by atoms with Crippen molar-refractivity contribution in [3.05, 3.63) is 34.3 Å². The van der Waals surface area contributed by atoms with Crippen molar-refractivity contribution in [1.29, 1.82) is 5.41 Å². The summed E-state index contributed by atoms with van der Waals surface area (Å²) in [4.78, 5) is 27.4. The lowest BCUT2D eigenvalue weighted by molar-refractivity contribution is -0.134. The molecule has 1 aromatic carbocycles. The van der Waals surface area contributed by atoms with Crippen LogP contribution in [-0.2, 0) is 4.79 Å². The molecule has 1 aromatic rings. The minimum absolute atomic E-state index is 0.00231. The molecule has 1 fully saturated rings. The van der Waals surface area contributed by atoms with Gasteiger partial charge in [-0.05, 0) is 24.1 Å². The zero-order valence-electron chi connectivity index (χ0n) is 14.4. The van der Waals surface area contributed by atoms with Gasteiger partial charge in [-0.2, -0.15) is 11.8 Å². The quantitative estimate of drug-likeness (QED) is 0.782. The molecule has 1 N–H and O–H groups in total. The lowest BCUT2D eigenvalue weighted by Crippen LogP contribution is -2.48. The fourth-order valence-corrected chi connectivity index (χ4v) is 4.94. The number of halogens is 1. The van der Waals surface area contributed by atoms with E-state index in [1.165, 1.54) is 0 Å². The monoisotopic (exact) mass is 378 g/mol. The van der Waals surface area contributed by atoms with Crippen LogP contribution in [0.1, 0.15) is 54.4 Å². The van der Waals surface area contributed by atoms with Gasteiger partial charge in [-0.25, -0.2) is 0 Å². The van der Waals surface area contributed by atoms with Crippen LogP contribution in [0.3, 0.4) is 0 Å². The average Bonchev–Trinajstić information content (AvgIpc) is 2.91. The van der Waals surface area contributed by atoms with E-state index in [2.05, 4.69) is 6.92 Å². The number of nitrogens with one attached hydrogen (secondary N) is 1. The Hall–Kier alpha value is -1.33. The van der Waals surface area contributed by atoms with E-state index in [1.54, 1.807) is 12.1 Å². The van der Waals surface area contributed by atoms with Gasteiger partial charge in [-0.1, -0.05) is 31.0 Å². The second-order valence-electron chi connectivity index (χ2n) is 6.73. The first kappa shape index (κ1) is 18.5. The molecular formula is C19H23ClN2O2S. The predicted octanol–water partition coefficient (Wildman–Crippen LogP) is 4.16. The van der Waals surface area contributed by atoms with Gasteiger partial charge < -0.3 is 10.3 Å². The Kier molecular flexibility index (Phi) is 5.85. The maximum absolute atomic E-state index is 13.2. The number of fused-ring (bicyclic) bond motifs is 1. The van der Waals surface area contributed by atoms with Gasteiger partial charge >= 0.3 is 0 Å². The summed E-state index contributed by atoms with van der Waals surface area (Å²) < 4.78 is 0. The fraction of sp³-hybridized carbons (Fsp3) is 0.526. The standard InChI is InChI=1S/C19H23ClN2O2S/c1-2-3-13(21)9-14-11-25-7-6-22(14)19(24)17-10-18(23)16-8-12(20)4-5-15(16)17/h4-5,8,14,17,21H,2-3,6-7,9-11H2,1H3. The zero-order chi connectivity index (χ0) is 18.0. The molecule has 2 aliphatic rings. The Balaban J connectivity index is 1.79. The summed E-state index contributed by atoms with van der Waals surface area (Å²) in [5, 5.41) is 8.65. The molecule has 1 aliphatic carbocycles. The molecular weight excluding hydrogens is 356 g/mol. The van der Waals surface area contributed by atoms with Crippen molar-refractivity contribution < 1.29 is 9.59 Å². The first-order chi connectivity index (χ1) is 12.0. The molecule has 0 saturated carbocycles. The van der Waals surface area contributed by atoms with E-state index in [0.717, 1.165) is 29.9 Å². The SMILES string of the molecule is CCCC(=N)CC1CSCCN1C(=O)C1CC(=O)c2cc(Cl)ccc21. The minimum Gasteiger partial charge on any atom is -0.337 e.